The molecule has 92 valence electrons. The fraction of sp³-hybridized carbons (Fsp3) is 0.200. The summed E-state index contributed by atoms with van der Waals surface area (Å²) < 4.78 is 5.11. The Kier molecular flexibility index (Phi) is 5.25. The van der Waals surface area contributed by atoms with Gasteiger partial charge in [-0.2, -0.15) is 0 Å². The summed E-state index contributed by atoms with van der Waals surface area (Å²) in [5.41, 5.74) is 6.80. The van der Waals surface area contributed by atoms with Gasteiger partial charge in [-0.3, -0.25) is 14.4 Å². The monoisotopic (exact) mass is 258 g/mol. The summed E-state index contributed by atoms with van der Waals surface area (Å²) in [6.07, 6.45) is 0. The number of hydroxylamine groups is 1. The van der Waals surface area contributed by atoms with Crippen LogP contribution in [0.4, 0.5) is 0 Å². The second-order valence-corrected chi connectivity index (χ2v) is 3.46. The minimum Gasteiger partial charge on any atom is -0.484 e. The van der Waals surface area contributed by atoms with Crippen molar-refractivity contribution < 1.29 is 19.2 Å². The molecule has 0 aliphatic carbocycles. The highest BCUT2D eigenvalue weighted by atomic mass is 35.5. The van der Waals surface area contributed by atoms with Gasteiger partial charge in [0.15, 0.2) is 13.2 Å². The average molecular weight is 259 g/mol. The van der Waals surface area contributed by atoms with Crippen LogP contribution >= 0.6 is 11.6 Å². The summed E-state index contributed by atoms with van der Waals surface area (Å²) in [5, 5.41) is 0.576. The number of carbonyl (C=O) groups excluding carboxylic acids is 2. The Morgan fingerprint density at radius 2 is 1.88 bits per heavy atom. The molecule has 0 aliphatic rings. The van der Waals surface area contributed by atoms with Crippen LogP contribution in [0.3, 0.4) is 0 Å². The Morgan fingerprint density at radius 1 is 1.24 bits per heavy atom. The van der Waals surface area contributed by atoms with Crippen LogP contribution in [0.15, 0.2) is 24.3 Å². The van der Waals surface area contributed by atoms with E-state index in [4.69, 9.17) is 22.1 Å². The van der Waals surface area contributed by atoms with E-state index < -0.39 is 11.8 Å². The third-order valence-corrected chi connectivity index (χ3v) is 1.84. The third kappa shape index (κ3) is 5.74. The van der Waals surface area contributed by atoms with E-state index in [1.54, 1.807) is 24.3 Å². The highest BCUT2D eigenvalue weighted by molar-refractivity contribution is 6.30. The number of primary amides is 1. The molecule has 6 nitrogen and oxygen atoms in total. The number of halogens is 1. The highest BCUT2D eigenvalue weighted by Crippen LogP contribution is 2.15. The first-order valence-electron chi connectivity index (χ1n) is 4.65. The van der Waals surface area contributed by atoms with Crippen molar-refractivity contribution in [1.82, 2.24) is 5.48 Å². The predicted molar refractivity (Wildman–Crippen MR) is 60.2 cm³/mol. The number of amides is 2. The van der Waals surface area contributed by atoms with E-state index in [2.05, 4.69) is 4.84 Å². The zero-order valence-electron chi connectivity index (χ0n) is 8.81. The fourth-order valence-electron chi connectivity index (χ4n) is 0.897. The SMILES string of the molecule is NC(=O)CONC(=O)COc1ccc(Cl)cc1. The molecule has 0 aliphatic heterocycles. The molecule has 0 spiro atoms. The molecule has 0 bridgehead atoms. The Balaban J connectivity index is 2.23. The molecule has 17 heavy (non-hydrogen) atoms. The normalized spacial score (nSPS) is 9.71. The van der Waals surface area contributed by atoms with Gasteiger partial charge in [-0.1, -0.05) is 11.6 Å². The maximum atomic E-state index is 11.1. The van der Waals surface area contributed by atoms with Crippen LogP contribution in [0.2, 0.25) is 5.02 Å². The molecule has 0 aromatic heterocycles. The minimum atomic E-state index is -0.677. The summed E-state index contributed by atoms with van der Waals surface area (Å²) in [4.78, 5) is 25.9. The maximum Gasteiger partial charge on any atom is 0.281 e. The highest BCUT2D eigenvalue weighted by Gasteiger charge is 2.03. The number of nitrogens with one attached hydrogen (secondary N) is 1. The molecule has 0 saturated carbocycles. The van der Waals surface area contributed by atoms with E-state index in [0.717, 1.165) is 0 Å². The second-order valence-electron chi connectivity index (χ2n) is 3.02. The van der Waals surface area contributed by atoms with Gasteiger partial charge in [-0.15, -0.1) is 0 Å². The lowest BCUT2D eigenvalue weighted by molar-refractivity contribution is -0.139. The van der Waals surface area contributed by atoms with Crippen LogP contribution in [-0.4, -0.2) is 25.0 Å². The second kappa shape index (κ2) is 6.72. The first-order chi connectivity index (χ1) is 8.08. The van der Waals surface area contributed by atoms with Crippen molar-refractivity contribution in [3.8, 4) is 5.75 Å². The summed E-state index contributed by atoms with van der Waals surface area (Å²) in [6, 6.07) is 6.52. The van der Waals surface area contributed by atoms with E-state index >= 15 is 0 Å². The maximum absolute atomic E-state index is 11.1. The van der Waals surface area contributed by atoms with E-state index in [1.807, 2.05) is 5.48 Å². The van der Waals surface area contributed by atoms with Crippen LogP contribution < -0.4 is 16.0 Å². The number of ether oxygens (including phenoxy) is 1. The van der Waals surface area contributed by atoms with E-state index in [1.165, 1.54) is 0 Å². The largest absolute Gasteiger partial charge is 0.484 e. The Morgan fingerprint density at radius 3 is 2.47 bits per heavy atom. The van der Waals surface area contributed by atoms with Gasteiger partial charge >= 0.3 is 0 Å². The molecule has 1 aromatic rings. The lowest BCUT2D eigenvalue weighted by Crippen LogP contribution is -2.32. The summed E-state index contributed by atoms with van der Waals surface area (Å²) in [5.74, 6) is -0.704. The van der Waals surface area contributed by atoms with Crippen LogP contribution in [0.25, 0.3) is 0 Å². The summed E-state index contributed by atoms with van der Waals surface area (Å²) in [6.45, 7) is -0.618. The molecule has 1 aromatic carbocycles. The predicted octanol–water partition coefficient (Wildman–Crippen LogP) is 0.252. The van der Waals surface area contributed by atoms with Crippen molar-refractivity contribution in [3.63, 3.8) is 0 Å². The molecule has 0 heterocycles. The lowest BCUT2D eigenvalue weighted by atomic mass is 10.3. The van der Waals surface area contributed by atoms with Gasteiger partial charge in [0.1, 0.15) is 5.75 Å². The summed E-state index contributed by atoms with van der Waals surface area (Å²) in [7, 11) is 0. The number of nitrogens with two attached hydrogens (primary N) is 1. The van der Waals surface area contributed by atoms with Crippen LogP contribution in [0, 0.1) is 0 Å². The molecular formula is C10H11ClN2O4. The molecule has 0 fully saturated rings. The zero-order chi connectivity index (χ0) is 12.7. The van der Waals surface area contributed by atoms with Crippen LogP contribution in [-0.2, 0) is 14.4 Å². The topological polar surface area (TPSA) is 90.7 Å². The van der Waals surface area contributed by atoms with Gasteiger partial charge in [0.2, 0.25) is 5.91 Å². The van der Waals surface area contributed by atoms with Crippen molar-refractivity contribution in [2.75, 3.05) is 13.2 Å². The smallest absolute Gasteiger partial charge is 0.281 e. The van der Waals surface area contributed by atoms with Crippen LogP contribution in [0.1, 0.15) is 0 Å². The number of carbonyl (C=O) groups is 2. The molecule has 7 heteroatoms. The number of benzene rings is 1. The van der Waals surface area contributed by atoms with E-state index in [-0.39, 0.29) is 13.2 Å². The molecule has 3 N–H and O–H groups in total. The van der Waals surface area contributed by atoms with Gasteiger partial charge < -0.3 is 10.5 Å². The van der Waals surface area contributed by atoms with Crippen molar-refractivity contribution in [2.45, 2.75) is 0 Å². The fourth-order valence-corrected chi connectivity index (χ4v) is 1.02. The number of rotatable bonds is 6. The summed E-state index contributed by atoms with van der Waals surface area (Å²) >= 11 is 5.67. The zero-order valence-corrected chi connectivity index (χ0v) is 9.57. The van der Waals surface area contributed by atoms with Gasteiger partial charge in [0, 0.05) is 5.02 Å². The van der Waals surface area contributed by atoms with Crippen molar-refractivity contribution in [3.05, 3.63) is 29.3 Å². The number of hydrogen-bond acceptors (Lipinski definition) is 4. The Bertz CT molecular complexity index is 394. The molecule has 0 saturated heterocycles. The molecule has 2 amide bonds. The number of hydrogen-bond donors (Lipinski definition) is 2. The first-order valence-corrected chi connectivity index (χ1v) is 5.03. The molecule has 0 unspecified atom stereocenters. The third-order valence-electron chi connectivity index (χ3n) is 1.58. The molecule has 1 rings (SSSR count). The quantitative estimate of drug-likeness (QED) is 0.716. The van der Waals surface area contributed by atoms with Crippen molar-refractivity contribution in [2.24, 2.45) is 5.73 Å². The first kappa shape index (κ1) is 13.3. The van der Waals surface area contributed by atoms with E-state index in [0.29, 0.717) is 10.8 Å². The molecular weight excluding hydrogens is 248 g/mol. The van der Waals surface area contributed by atoms with Crippen LogP contribution in [0.5, 0.6) is 5.75 Å². The standard InChI is InChI=1S/C10H11ClN2O4/c11-7-1-3-8(4-2-7)16-6-10(15)13-17-5-9(12)14/h1-4H,5-6H2,(H2,12,14)(H,13,15). The van der Waals surface area contributed by atoms with Gasteiger partial charge in [-0.25, -0.2) is 5.48 Å². The van der Waals surface area contributed by atoms with Gasteiger partial charge in [0.25, 0.3) is 5.91 Å². The van der Waals surface area contributed by atoms with Gasteiger partial charge in [0.05, 0.1) is 0 Å². The minimum absolute atomic E-state index is 0.236. The molecule has 0 radical (unpaired) electrons. The van der Waals surface area contributed by atoms with Crippen molar-refractivity contribution >= 4 is 23.4 Å². The molecule has 0 atom stereocenters. The Labute approximate surface area is 103 Å². The van der Waals surface area contributed by atoms with Gasteiger partial charge in [-0.05, 0) is 24.3 Å². The lowest BCUT2D eigenvalue weighted by Gasteiger charge is -2.06. The van der Waals surface area contributed by atoms with E-state index in [9.17, 15) is 9.59 Å². The van der Waals surface area contributed by atoms with Crippen molar-refractivity contribution in [1.29, 1.82) is 0 Å². The Hall–Kier alpha value is -1.79. The average Bonchev–Trinajstić information content (AvgIpc) is 2.28.